The summed E-state index contributed by atoms with van der Waals surface area (Å²) in [5, 5.41) is 2.92. The fourth-order valence-corrected chi connectivity index (χ4v) is 2.57. The largest absolute Gasteiger partial charge is 0.357 e. The van der Waals surface area contributed by atoms with Crippen LogP contribution in [0.2, 0.25) is 0 Å². The first kappa shape index (κ1) is 13.6. The highest BCUT2D eigenvalue weighted by molar-refractivity contribution is 6.03. The number of carbonyl (C=O) groups is 1. The van der Waals surface area contributed by atoms with Crippen molar-refractivity contribution in [2.24, 2.45) is 0 Å². The fourth-order valence-electron chi connectivity index (χ4n) is 2.57. The topological polar surface area (TPSA) is 45.2 Å². The Morgan fingerprint density at radius 2 is 1.86 bits per heavy atom. The SMILES string of the molecule is Cc1ccccc1NC(=O)c1cccc(N2CCCC2)n1. The molecule has 0 atom stereocenters. The minimum absolute atomic E-state index is 0.162. The first-order chi connectivity index (χ1) is 10.2. The fraction of sp³-hybridized carbons (Fsp3) is 0.294. The predicted octanol–water partition coefficient (Wildman–Crippen LogP) is 3.24. The second kappa shape index (κ2) is 5.95. The van der Waals surface area contributed by atoms with Crippen molar-refractivity contribution in [3.63, 3.8) is 0 Å². The van der Waals surface area contributed by atoms with Gasteiger partial charge in [-0.15, -0.1) is 0 Å². The van der Waals surface area contributed by atoms with Crippen molar-refractivity contribution in [2.45, 2.75) is 19.8 Å². The maximum atomic E-state index is 12.3. The van der Waals surface area contributed by atoms with Crippen molar-refractivity contribution in [1.82, 2.24) is 4.98 Å². The van der Waals surface area contributed by atoms with Crippen LogP contribution in [0, 0.1) is 6.92 Å². The van der Waals surface area contributed by atoms with Gasteiger partial charge in [0, 0.05) is 18.8 Å². The van der Waals surface area contributed by atoms with Gasteiger partial charge in [0.25, 0.3) is 5.91 Å². The molecule has 1 fully saturated rings. The average Bonchev–Trinajstić information content (AvgIpc) is 3.04. The molecule has 1 aromatic carbocycles. The number of amides is 1. The smallest absolute Gasteiger partial charge is 0.274 e. The van der Waals surface area contributed by atoms with Gasteiger partial charge in [-0.2, -0.15) is 0 Å². The normalized spacial score (nSPS) is 14.2. The number of carbonyl (C=O) groups excluding carboxylic acids is 1. The predicted molar refractivity (Wildman–Crippen MR) is 84.8 cm³/mol. The third-order valence-electron chi connectivity index (χ3n) is 3.79. The number of pyridine rings is 1. The van der Waals surface area contributed by atoms with Gasteiger partial charge < -0.3 is 10.2 Å². The van der Waals surface area contributed by atoms with Crippen LogP contribution in [0.15, 0.2) is 42.5 Å². The molecule has 4 heteroatoms. The quantitative estimate of drug-likeness (QED) is 0.939. The van der Waals surface area contributed by atoms with Crippen LogP contribution in [0.5, 0.6) is 0 Å². The molecule has 4 nitrogen and oxygen atoms in total. The number of hydrogen-bond donors (Lipinski definition) is 1. The molecule has 2 heterocycles. The van der Waals surface area contributed by atoms with Crippen molar-refractivity contribution < 1.29 is 4.79 Å². The van der Waals surface area contributed by atoms with Crippen LogP contribution in [0.1, 0.15) is 28.9 Å². The van der Waals surface area contributed by atoms with Gasteiger partial charge >= 0.3 is 0 Å². The van der Waals surface area contributed by atoms with Crippen molar-refractivity contribution >= 4 is 17.4 Å². The number of anilines is 2. The van der Waals surface area contributed by atoms with E-state index in [-0.39, 0.29) is 5.91 Å². The number of rotatable bonds is 3. The number of nitrogens with one attached hydrogen (secondary N) is 1. The third-order valence-corrected chi connectivity index (χ3v) is 3.79. The summed E-state index contributed by atoms with van der Waals surface area (Å²) < 4.78 is 0. The zero-order chi connectivity index (χ0) is 14.7. The second-order valence-electron chi connectivity index (χ2n) is 5.34. The maximum Gasteiger partial charge on any atom is 0.274 e. The van der Waals surface area contributed by atoms with E-state index in [2.05, 4.69) is 15.2 Å². The number of nitrogens with zero attached hydrogens (tertiary/aromatic N) is 2. The molecule has 0 bridgehead atoms. The third kappa shape index (κ3) is 3.05. The number of aromatic nitrogens is 1. The van der Waals surface area contributed by atoms with Crippen molar-refractivity contribution in [2.75, 3.05) is 23.3 Å². The Balaban J connectivity index is 1.78. The minimum Gasteiger partial charge on any atom is -0.357 e. The van der Waals surface area contributed by atoms with Crippen molar-refractivity contribution in [3.05, 3.63) is 53.7 Å². The summed E-state index contributed by atoms with van der Waals surface area (Å²) in [6.07, 6.45) is 2.39. The molecule has 0 radical (unpaired) electrons. The summed E-state index contributed by atoms with van der Waals surface area (Å²) in [6.45, 7) is 4.02. The lowest BCUT2D eigenvalue weighted by atomic mass is 10.2. The second-order valence-corrected chi connectivity index (χ2v) is 5.34. The van der Waals surface area contributed by atoms with Gasteiger partial charge in [0.1, 0.15) is 11.5 Å². The molecule has 0 aliphatic carbocycles. The highest BCUT2D eigenvalue weighted by Gasteiger charge is 2.15. The van der Waals surface area contributed by atoms with Gasteiger partial charge in [0.05, 0.1) is 0 Å². The van der Waals surface area contributed by atoms with Crippen LogP contribution >= 0.6 is 0 Å². The molecule has 2 aromatic rings. The summed E-state index contributed by atoms with van der Waals surface area (Å²) >= 11 is 0. The van der Waals surface area contributed by atoms with Crippen LogP contribution in [0.3, 0.4) is 0 Å². The molecule has 1 aromatic heterocycles. The Hall–Kier alpha value is -2.36. The molecular weight excluding hydrogens is 262 g/mol. The summed E-state index contributed by atoms with van der Waals surface area (Å²) in [5.41, 5.74) is 2.33. The van der Waals surface area contributed by atoms with Gasteiger partial charge in [0.2, 0.25) is 0 Å². The number of aryl methyl sites for hydroxylation is 1. The lowest BCUT2D eigenvalue weighted by molar-refractivity contribution is 0.102. The van der Waals surface area contributed by atoms with Gasteiger partial charge in [-0.05, 0) is 43.5 Å². The van der Waals surface area contributed by atoms with E-state index in [1.807, 2.05) is 43.3 Å². The van der Waals surface area contributed by atoms with Crippen molar-refractivity contribution in [1.29, 1.82) is 0 Å². The van der Waals surface area contributed by atoms with Gasteiger partial charge in [-0.1, -0.05) is 24.3 Å². The Morgan fingerprint density at radius 1 is 1.10 bits per heavy atom. The van der Waals surface area contributed by atoms with Crippen LogP contribution in [0.25, 0.3) is 0 Å². The van der Waals surface area contributed by atoms with Gasteiger partial charge in [-0.3, -0.25) is 4.79 Å². The first-order valence-electron chi connectivity index (χ1n) is 7.33. The highest BCUT2D eigenvalue weighted by Crippen LogP contribution is 2.19. The number of benzene rings is 1. The molecule has 1 aliphatic rings. The lowest BCUT2D eigenvalue weighted by Crippen LogP contribution is -2.21. The number of para-hydroxylation sites is 1. The molecule has 1 N–H and O–H groups in total. The molecule has 108 valence electrons. The Bertz CT molecular complexity index is 648. The van der Waals surface area contributed by atoms with Crippen LogP contribution in [0.4, 0.5) is 11.5 Å². The van der Waals surface area contributed by atoms with E-state index in [0.29, 0.717) is 5.69 Å². The Labute approximate surface area is 124 Å². The average molecular weight is 281 g/mol. The Morgan fingerprint density at radius 3 is 2.62 bits per heavy atom. The van der Waals surface area contributed by atoms with E-state index >= 15 is 0 Å². The highest BCUT2D eigenvalue weighted by atomic mass is 16.1. The molecule has 3 rings (SSSR count). The zero-order valence-electron chi connectivity index (χ0n) is 12.2. The molecule has 1 amide bonds. The minimum atomic E-state index is -0.162. The van der Waals surface area contributed by atoms with E-state index in [1.165, 1.54) is 12.8 Å². The van der Waals surface area contributed by atoms with E-state index in [1.54, 1.807) is 6.07 Å². The van der Waals surface area contributed by atoms with E-state index in [9.17, 15) is 4.79 Å². The molecule has 21 heavy (non-hydrogen) atoms. The summed E-state index contributed by atoms with van der Waals surface area (Å²) in [4.78, 5) is 19.1. The Kier molecular flexibility index (Phi) is 3.86. The van der Waals surface area contributed by atoms with E-state index in [4.69, 9.17) is 0 Å². The van der Waals surface area contributed by atoms with Crippen LogP contribution in [-0.2, 0) is 0 Å². The first-order valence-corrected chi connectivity index (χ1v) is 7.33. The van der Waals surface area contributed by atoms with Crippen LogP contribution in [-0.4, -0.2) is 24.0 Å². The molecule has 1 saturated heterocycles. The molecule has 0 saturated carbocycles. The summed E-state index contributed by atoms with van der Waals surface area (Å²) in [7, 11) is 0. The van der Waals surface area contributed by atoms with E-state index in [0.717, 1.165) is 30.2 Å². The molecule has 0 unspecified atom stereocenters. The monoisotopic (exact) mass is 281 g/mol. The molecule has 0 spiro atoms. The zero-order valence-corrected chi connectivity index (χ0v) is 12.2. The lowest BCUT2D eigenvalue weighted by Gasteiger charge is -2.16. The standard InChI is InChI=1S/C17H19N3O/c1-13-7-2-3-8-14(13)19-17(21)15-9-6-10-16(18-15)20-11-4-5-12-20/h2-3,6-10H,4-5,11-12H2,1H3,(H,19,21). The van der Waals surface area contributed by atoms with E-state index < -0.39 is 0 Å². The molecular formula is C17H19N3O. The summed E-state index contributed by atoms with van der Waals surface area (Å²) in [6, 6.07) is 13.4. The summed E-state index contributed by atoms with van der Waals surface area (Å²) in [5.74, 6) is 0.732. The van der Waals surface area contributed by atoms with Crippen LogP contribution < -0.4 is 10.2 Å². The molecule has 1 aliphatic heterocycles. The van der Waals surface area contributed by atoms with Gasteiger partial charge in [0.15, 0.2) is 0 Å². The van der Waals surface area contributed by atoms with Crippen molar-refractivity contribution in [3.8, 4) is 0 Å². The number of hydrogen-bond acceptors (Lipinski definition) is 3. The maximum absolute atomic E-state index is 12.3. The van der Waals surface area contributed by atoms with Gasteiger partial charge in [-0.25, -0.2) is 4.98 Å².